The molecule has 1 aromatic carbocycles. The van der Waals surface area contributed by atoms with E-state index in [0.717, 1.165) is 25.9 Å². The van der Waals surface area contributed by atoms with Gasteiger partial charge in [-0.3, -0.25) is 4.79 Å². The average Bonchev–Trinajstić information content (AvgIpc) is 2.61. The number of amides is 1. The molecule has 1 aliphatic heterocycles. The quantitative estimate of drug-likeness (QED) is 0.735. The van der Waals surface area contributed by atoms with Gasteiger partial charge < -0.3 is 24.6 Å². The number of hydrogen-bond donors (Lipinski definition) is 2. The zero-order chi connectivity index (χ0) is 19.1. The van der Waals surface area contributed by atoms with Crippen molar-refractivity contribution in [1.82, 2.24) is 0 Å². The van der Waals surface area contributed by atoms with E-state index >= 15 is 0 Å². The fourth-order valence-electron chi connectivity index (χ4n) is 2.62. The topological polar surface area (TPSA) is 94.1 Å². The molecule has 7 nitrogen and oxygen atoms in total. The molecule has 1 aromatic rings. The maximum absolute atomic E-state index is 12.4. The molecular formula is C19H27NO6. The maximum atomic E-state index is 12.4. The van der Waals surface area contributed by atoms with Gasteiger partial charge >= 0.3 is 5.97 Å². The van der Waals surface area contributed by atoms with E-state index in [2.05, 4.69) is 5.32 Å². The number of carboxylic acids is 1. The van der Waals surface area contributed by atoms with Crippen LogP contribution in [0.4, 0.5) is 5.69 Å². The van der Waals surface area contributed by atoms with Gasteiger partial charge in [-0.25, -0.2) is 4.79 Å². The Morgan fingerprint density at radius 2 is 2.08 bits per heavy atom. The highest BCUT2D eigenvalue weighted by Crippen LogP contribution is 2.27. The van der Waals surface area contributed by atoms with Gasteiger partial charge in [0.1, 0.15) is 11.9 Å². The van der Waals surface area contributed by atoms with Crippen LogP contribution in [0.25, 0.3) is 0 Å². The summed E-state index contributed by atoms with van der Waals surface area (Å²) in [5, 5.41) is 11.9. The maximum Gasteiger partial charge on any atom is 0.335 e. The number of benzene rings is 1. The summed E-state index contributed by atoms with van der Waals surface area (Å²) in [4.78, 5) is 23.6. The summed E-state index contributed by atoms with van der Waals surface area (Å²) in [6, 6.07) is 4.37. The monoisotopic (exact) mass is 365 g/mol. The van der Waals surface area contributed by atoms with Crippen molar-refractivity contribution in [2.24, 2.45) is 0 Å². The number of ether oxygens (including phenoxy) is 3. The molecule has 2 rings (SSSR count). The second-order valence-electron chi connectivity index (χ2n) is 6.64. The largest absolute Gasteiger partial charge is 0.489 e. The van der Waals surface area contributed by atoms with Crippen LogP contribution in [0.3, 0.4) is 0 Å². The lowest BCUT2D eigenvalue weighted by Crippen LogP contribution is -2.32. The third-order valence-electron chi connectivity index (χ3n) is 4.02. The molecule has 1 saturated heterocycles. The van der Waals surface area contributed by atoms with E-state index < -0.39 is 12.1 Å². The minimum atomic E-state index is -1.07. The highest BCUT2D eigenvalue weighted by atomic mass is 16.5. The molecule has 0 bridgehead atoms. The molecule has 1 fully saturated rings. The number of carbonyl (C=O) groups is 2. The minimum Gasteiger partial charge on any atom is -0.489 e. The van der Waals surface area contributed by atoms with Crippen LogP contribution in [0, 0.1) is 0 Å². The number of hydrogen-bond acceptors (Lipinski definition) is 5. The van der Waals surface area contributed by atoms with Gasteiger partial charge in [0.15, 0.2) is 0 Å². The van der Waals surface area contributed by atoms with Gasteiger partial charge in [-0.1, -0.05) is 0 Å². The zero-order valence-electron chi connectivity index (χ0n) is 15.5. The smallest absolute Gasteiger partial charge is 0.335 e. The Morgan fingerprint density at radius 3 is 2.69 bits per heavy atom. The molecule has 1 heterocycles. The zero-order valence-corrected chi connectivity index (χ0v) is 15.5. The SMILES string of the molecule is CC(C)Oc1ccc(C(=O)O)cc1NC(=O)C(C)OCC1CCCCO1. The van der Waals surface area contributed by atoms with Crippen molar-refractivity contribution in [3.8, 4) is 5.75 Å². The molecule has 0 aromatic heterocycles. The van der Waals surface area contributed by atoms with Gasteiger partial charge in [0.05, 0.1) is 30.1 Å². The van der Waals surface area contributed by atoms with Gasteiger partial charge in [0.25, 0.3) is 5.91 Å². The highest BCUT2D eigenvalue weighted by molar-refractivity contribution is 5.97. The molecule has 2 atom stereocenters. The Hall–Kier alpha value is -2.12. The molecule has 7 heteroatoms. The van der Waals surface area contributed by atoms with E-state index in [9.17, 15) is 9.59 Å². The number of carbonyl (C=O) groups excluding carboxylic acids is 1. The molecular weight excluding hydrogens is 338 g/mol. The first-order chi connectivity index (χ1) is 12.4. The standard InChI is InChI=1S/C19H27NO6/c1-12(2)26-17-8-7-14(19(22)23)10-16(17)20-18(21)13(3)25-11-15-6-4-5-9-24-15/h7-8,10,12-13,15H,4-6,9,11H2,1-3H3,(H,20,21)(H,22,23). The van der Waals surface area contributed by atoms with E-state index in [1.165, 1.54) is 12.1 Å². The number of carboxylic acid groups (broad SMARTS) is 1. The Kier molecular flexibility index (Phi) is 7.41. The van der Waals surface area contributed by atoms with Crippen LogP contribution >= 0.6 is 0 Å². The van der Waals surface area contributed by atoms with Crippen molar-refractivity contribution >= 4 is 17.6 Å². The lowest BCUT2D eigenvalue weighted by Gasteiger charge is -2.24. The van der Waals surface area contributed by atoms with E-state index in [1.807, 2.05) is 13.8 Å². The molecule has 0 aliphatic carbocycles. The Morgan fingerprint density at radius 1 is 1.31 bits per heavy atom. The summed E-state index contributed by atoms with van der Waals surface area (Å²) in [7, 11) is 0. The fraction of sp³-hybridized carbons (Fsp3) is 0.579. The molecule has 26 heavy (non-hydrogen) atoms. The van der Waals surface area contributed by atoms with Crippen LogP contribution in [0.15, 0.2) is 18.2 Å². The summed E-state index contributed by atoms with van der Waals surface area (Å²) in [6.07, 6.45) is 2.31. The Bertz CT molecular complexity index is 624. The Labute approximate surface area is 153 Å². The van der Waals surface area contributed by atoms with Crippen LogP contribution in [-0.4, -0.2) is 48.5 Å². The minimum absolute atomic E-state index is 0.0224. The molecule has 2 N–H and O–H groups in total. The van der Waals surface area contributed by atoms with Crippen LogP contribution < -0.4 is 10.1 Å². The lowest BCUT2D eigenvalue weighted by molar-refractivity contribution is -0.130. The van der Waals surface area contributed by atoms with Gasteiger partial charge in [-0.2, -0.15) is 0 Å². The third-order valence-corrected chi connectivity index (χ3v) is 4.02. The van der Waals surface area contributed by atoms with E-state index in [1.54, 1.807) is 13.0 Å². The first kappa shape index (κ1) is 20.2. The molecule has 144 valence electrons. The first-order valence-corrected chi connectivity index (χ1v) is 8.95. The van der Waals surface area contributed by atoms with E-state index in [-0.39, 0.29) is 23.7 Å². The number of anilines is 1. The van der Waals surface area contributed by atoms with Crippen molar-refractivity contribution in [3.63, 3.8) is 0 Å². The predicted octanol–water partition coefficient (Wildman–Crippen LogP) is 3.08. The van der Waals surface area contributed by atoms with Gasteiger partial charge in [0.2, 0.25) is 0 Å². The lowest BCUT2D eigenvalue weighted by atomic mass is 10.1. The predicted molar refractivity (Wildman–Crippen MR) is 96.8 cm³/mol. The van der Waals surface area contributed by atoms with Gasteiger partial charge in [0, 0.05) is 6.61 Å². The van der Waals surface area contributed by atoms with Crippen LogP contribution in [0.1, 0.15) is 50.4 Å². The first-order valence-electron chi connectivity index (χ1n) is 8.95. The normalized spacial score (nSPS) is 18.4. The van der Waals surface area contributed by atoms with Gasteiger partial charge in [-0.05, 0) is 58.2 Å². The molecule has 2 unspecified atom stereocenters. The average molecular weight is 365 g/mol. The van der Waals surface area contributed by atoms with Crippen molar-refractivity contribution in [3.05, 3.63) is 23.8 Å². The summed E-state index contributed by atoms with van der Waals surface area (Å²) in [6.45, 7) is 6.45. The summed E-state index contributed by atoms with van der Waals surface area (Å²) >= 11 is 0. The highest BCUT2D eigenvalue weighted by Gasteiger charge is 2.20. The van der Waals surface area contributed by atoms with Crippen LogP contribution in [-0.2, 0) is 14.3 Å². The fourth-order valence-corrected chi connectivity index (χ4v) is 2.62. The van der Waals surface area contributed by atoms with Crippen molar-refractivity contribution in [2.45, 2.75) is 58.3 Å². The number of rotatable bonds is 8. The molecule has 0 saturated carbocycles. The van der Waals surface area contributed by atoms with Crippen molar-refractivity contribution in [1.29, 1.82) is 0 Å². The summed E-state index contributed by atoms with van der Waals surface area (Å²) in [5.41, 5.74) is 0.383. The van der Waals surface area contributed by atoms with Crippen LogP contribution in [0.5, 0.6) is 5.75 Å². The van der Waals surface area contributed by atoms with Crippen LogP contribution in [0.2, 0.25) is 0 Å². The van der Waals surface area contributed by atoms with E-state index in [0.29, 0.717) is 18.0 Å². The molecule has 1 amide bonds. The van der Waals surface area contributed by atoms with E-state index in [4.69, 9.17) is 19.3 Å². The van der Waals surface area contributed by atoms with Gasteiger partial charge in [-0.15, -0.1) is 0 Å². The second-order valence-corrected chi connectivity index (χ2v) is 6.64. The summed E-state index contributed by atoms with van der Waals surface area (Å²) in [5.74, 6) is -1.02. The van der Waals surface area contributed by atoms with Crippen molar-refractivity contribution < 1.29 is 28.9 Å². The Balaban J connectivity index is 2.00. The van der Waals surface area contributed by atoms with Crippen molar-refractivity contribution in [2.75, 3.05) is 18.5 Å². The molecule has 0 radical (unpaired) electrons. The second kappa shape index (κ2) is 9.54. The number of nitrogens with one attached hydrogen (secondary N) is 1. The number of aromatic carboxylic acids is 1. The third kappa shape index (κ3) is 6.00. The molecule has 1 aliphatic rings. The summed E-state index contributed by atoms with van der Waals surface area (Å²) < 4.78 is 16.9. The molecule has 0 spiro atoms.